The van der Waals surface area contributed by atoms with E-state index in [1.165, 1.54) is 24.6 Å². The van der Waals surface area contributed by atoms with Crippen molar-refractivity contribution in [1.82, 2.24) is 20.1 Å². The second-order valence-electron chi connectivity index (χ2n) is 7.26. The minimum Gasteiger partial charge on any atom is -0.376 e. The van der Waals surface area contributed by atoms with E-state index in [0.29, 0.717) is 11.8 Å². The van der Waals surface area contributed by atoms with Crippen molar-refractivity contribution in [3.05, 3.63) is 30.3 Å². The topological polar surface area (TPSA) is 69.0 Å². The highest BCUT2D eigenvalue weighted by molar-refractivity contribution is 7.99. The minimum absolute atomic E-state index is 0.0832. The predicted octanol–water partition coefficient (Wildman–Crippen LogP) is 3.28. The second kappa shape index (κ2) is 8.89. The summed E-state index contributed by atoms with van der Waals surface area (Å²) in [7, 11) is 0. The van der Waals surface area contributed by atoms with Crippen LogP contribution in [0.25, 0.3) is 11.4 Å². The van der Waals surface area contributed by atoms with Crippen LogP contribution in [-0.2, 0) is 16.1 Å². The Balaban J connectivity index is 1.47. The van der Waals surface area contributed by atoms with Gasteiger partial charge in [0.2, 0.25) is 5.91 Å². The summed E-state index contributed by atoms with van der Waals surface area (Å²) in [6.07, 6.45) is 6.98. The van der Waals surface area contributed by atoms with Gasteiger partial charge in [0.15, 0.2) is 11.0 Å². The molecule has 1 N–H and O–H groups in total. The Morgan fingerprint density at radius 1 is 1.15 bits per heavy atom. The number of carbonyl (C=O) groups is 1. The standard InChI is InChI=1S/C20H26N4O2S/c25-18(21-16-9-4-5-10-16)14-27-20-23-22-19(15-7-2-1-3-8-15)24(20)13-17-11-6-12-26-17/h1-3,7-8,16-17H,4-6,9-14H2,(H,21,25)/t17-/m1/s1. The van der Waals surface area contributed by atoms with Crippen molar-refractivity contribution in [1.29, 1.82) is 0 Å². The second-order valence-corrected chi connectivity index (χ2v) is 8.20. The molecule has 1 aromatic carbocycles. The summed E-state index contributed by atoms with van der Waals surface area (Å²) in [5.74, 6) is 1.29. The van der Waals surface area contributed by atoms with E-state index in [0.717, 1.165) is 55.4 Å². The zero-order valence-electron chi connectivity index (χ0n) is 15.5. The molecule has 27 heavy (non-hydrogen) atoms. The zero-order valence-corrected chi connectivity index (χ0v) is 16.3. The van der Waals surface area contributed by atoms with Gasteiger partial charge < -0.3 is 10.1 Å². The van der Waals surface area contributed by atoms with Crippen molar-refractivity contribution < 1.29 is 9.53 Å². The maximum atomic E-state index is 12.3. The Labute approximate surface area is 164 Å². The number of hydrogen-bond acceptors (Lipinski definition) is 5. The highest BCUT2D eigenvalue weighted by Gasteiger charge is 2.23. The van der Waals surface area contributed by atoms with Gasteiger partial charge in [-0.3, -0.25) is 9.36 Å². The van der Waals surface area contributed by atoms with E-state index < -0.39 is 0 Å². The fraction of sp³-hybridized carbons (Fsp3) is 0.550. The van der Waals surface area contributed by atoms with Crippen LogP contribution in [-0.4, -0.2) is 45.2 Å². The van der Waals surface area contributed by atoms with Crippen LogP contribution in [0.5, 0.6) is 0 Å². The fourth-order valence-electron chi connectivity index (χ4n) is 3.82. The van der Waals surface area contributed by atoms with Gasteiger partial charge in [-0.25, -0.2) is 0 Å². The van der Waals surface area contributed by atoms with Crippen LogP contribution in [0.15, 0.2) is 35.5 Å². The van der Waals surface area contributed by atoms with E-state index in [2.05, 4.69) is 20.1 Å². The minimum atomic E-state index is 0.0832. The number of benzene rings is 1. The summed E-state index contributed by atoms with van der Waals surface area (Å²) in [6, 6.07) is 10.4. The molecular weight excluding hydrogens is 360 g/mol. The first kappa shape index (κ1) is 18.5. The maximum absolute atomic E-state index is 12.3. The lowest BCUT2D eigenvalue weighted by molar-refractivity contribution is -0.119. The van der Waals surface area contributed by atoms with Crippen LogP contribution < -0.4 is 5.32 Å². The molecule has 1 saturated carbocycles. The number of aromatic nitrogens is 3. The Morgan fingerprint density at radius 2 is 1.96 bits per heavy atom. The summed E-state index contributed by atoms with van der Waals surface area (Å²) in [5, 5.41) is 12.7. The van der Waals surface area contributed by atoms with Crippen LogP contribution in [0.1, 0.15) is 38.5 Å². The summed E-state index contributed by atoms with van der Waals surface area (Å²) in [6.45, 7) is 1.55. The number of nitrogens with zero attached hydrogens (tertiary/aromatic N) is 3. The van der Waals surface area contributed by atoms with Gasteiger partial charge in [-0.2, -0.15) is 0 Å². The molecule has 4 rings (SSSR count). The van der Waals surface area contributed by atoms with Crippen LogP contribution in [0.3, 0.4) is 0 Å². The molecule has 1 saturated heterocycles. The molecule has 2 aromatic rings. The summed E-state index contributed by atoms with van der Waals surface area (Å²) >= 11 is 1.46. The Morgan fingerprint density at radius 3 is 2.70 bits per heavy atom. The molecular formula is C20H26N4O2S. The predicted molar refractivity (Wildman–Crippen MR) is 106 cm³/mol. The van der Waals surface area contributed by atoms with Crippen LogP contribution >= 0.6 is 11.8 Å². The summed E-state index contributed by atoms with van der Waals surface area (Å²) in [5.41, 5.74) is 1.03. The third-order valence-electron chi connectivity index (χ3n) is 5.21. The highest BCUT2D eigenvalue weighted by Crippen LogP contribution is 2.26. The van der Waals surface area contributed by atoms with Gasteiger partial charge in [-0.05, 0) is 25.7 Å². The van der Waals surface area contributed by atoms with E-state index in [1.807, 2.05) is 30.3 Å². The average Bonchev–Trinajstić information content (AvgIpc) is 3.44. The molecule has 0 radical (unpaired) electrons. The molecule has 1 aromatic heterocycles. The first-order valence-corrected chi connectivity index (χ1v) is 10.8. The van der Waals surface area contributed by atoms with Crippen LogP contribution in [0, 0.1) is 0 Å². The number of hydrogen-bond donors (Lipinski definition) is 1. The molecule has 0 bridgehead atoms. The van der Waals surface area contributed by atoms with E-state index in [9.17, 15) is 4.79 Å². The fourth-order valence-corrected chi connectivity index (χ4v) is 4.58. The van der Waals surface area contributed by atoms with Gasteiger partial charge >= 0.3 is 0 Å². The van der Waals surface area contributed by atoms with E-state index >= 15 is 0 Å². The number of rotatable bonds is 7. The van der Waals surface area contributed by atoms with E-state index in [-0.39, 0.29) is 12.0 Å². The van der Waals surface area contributed by atoms with Gasteiger partial charge in [0.1, 0.15) is 0 Å². The maximum Gasteiger partial charge on any atom is 0.230 e. The average molecular weight is 387 g/mol. The van der Waals surface area contributed by atoms with Gasteiger partial charge in [-0.1, -0.05) is 54.9 Å². The Bertz CT molecular complexity index is 753. The molecule has 1 aliphatic carbocycles. The monoisotopic (exact) mass is 386 g/mol. The SMILES string of the molecule is O=C(CSc1nnc(-c2ccccc2)n1C[C@H]1CCCO1)NC1CCCC1. The third-order valence-corrected chi connectivity index (χ3v) is 6.18. The molecule has 7 heteroatoms. The summed E-state index contributed by atoms with van der Waals surface area (Å²) in [4.78, 5) is 12.3. The first-order valence-electron chi connectivity index (χ1n) is 9.82. The Kier molecular flexibility index (Phi) is 6.09. The molecule has 6 nitrogen and oxygen atoms in total. The number of ether oxygens (including phenoxy) is 1. The Hall–Kier alpha value is -1.86. The van der Waals surface area contributed by atoms with Crippen molar-refractivity contribution in [3.63, 3.8) is 0 Å². The zero-order chi connectivity index (χ0) is 18.5. The number of nitrogens with one attached hydrogen (secondary N) is 1. The van der Waals surface area contributed by atoms with Crippen LogP contribution in [0.2, 0.25) is 0 Å². The molecule has 2 aliphatic rings. The van der Waals surface area contributed by atoms with E-state index in [1.54, 1.807) is 0 Å². The molecule has 2 fully saturated rings. The molecule has 1 amide bonds. The van der Waals surface area contributed by atoms with Gasteiger partial charge in [0, 0.05) is 18.2 Å². The number of carbonyl (C=O) groups excluding carboxylic acids is 1. The van der Waals surface area contributed by atoms with Gasteiger partial charge in [0.25, 0.3) is 0 Å². The lowest BCUT2D eigenvalue weighted by Crippen LogP contribution is -2.33. The number of amides is 1. The molecule has 1 aliphatic heterocycles. The van der Waals surface area contributed by atoms with Crippen molar-refractivity contribution in [3.8, 4) is 11.4 Å². The largest absolute Gasteiger partial charge is 0.376 e. The normalized spacial score (nSPS) is 20.2. The van der Waals surface area contributed by atoms with Crippen LogP contribution in [0.4, 0.5) is 0 Å². The lowest BCUT2D eigenvalue weighted by Gasteiger charge is -2.15. The van der Waals surface area contributed by atoms with Crippen molar-refractivity contribution >= 4 is 17.7 Å². The highest BCUT2D eigenvalue weighted by atomic mass is 32.2. The van der Waals surface area contributed by atoms with E-state index in [4.69, 9.17) is 4.74 Å². The molecule has 2 heterocycles. The van der Waals surface area contributed by atoms with Gasteiger partial charge in [-0.15, -0.1) is 10.2 Å². The van der Waals surface area contributed by atoms with Crippen molar-refractivity contribution in [2.24, 2.45) is 0 Å². The summed E-state index contributed by atoms with van der Waals surface area (Å²) < 4.78 is 7.93. The first-order chi connectivity index (χ1) is 13.3. The van der Waals surface area contributed by atoms with Crippen molar-refractivity contribution in [2.75, 3.05) is 12.4 Å². The molecule has 144 valence electrons. The molecule has 0 spiro atoms. The number of thioether (sulfide) groups is 1. The quantitative estimate of drug-likeness (QED) is 0.740. The van der Waals surface area contributed by atoms with Crippen molar-refractivity contribution in [2.45, 2.75) is 62.4 Å². The molecule has 0 unspecified atom stereocenters. The third kappa shape index (κ3) is 4.71. The lowest BCUT2D eigenvalue weighted by atomic mass is 10.2. The smallest absolute Gasteiger partial charge is 0.230 e. The molecule has 1 atom stereocenters. The van der Waals surface area contributed by atoms with Gasteiger partial charge in [0.05, 0.1) is 18.4 Å².